The molecule has 0 fully saturated rings. The van der Waals surface area contributed by atoms with Crippen LogP contribution >= 0.6 is 12.2 Å². The van der Waals surface area contributed by atoms with Crippen LogP contribution in [0.4, 0.5) is 0 Å². The molecule has 4 N–H and O–H groups in total. The average Bonchev–Trinajstić information content (AvgIpc) is 2.75. The normalized spacial score (nSPS) is 13.9. The minimum absolute atomic E-state index is 0.340. The zero-order chi connectivity index (χ0) is 14.0. The zero-order valence-corrected chi connectivity index (χ0v) is 11.9. The summed E-state index contributed by atoms with van der Waals surface area (Å²) >= 11 is 5.18. The lowest BCUT2D eigenvalue weighted by Crippen LogP contribution is -2.69. The fraction of sp³-hybridized carbons (Fsp3) is 0.545. The summed E-state index contributed by atoms with van der Waals surface area (Å²) in [5.41, 5.74) is 5.05. The SMILES string of the molecule is CCOC(=O)c1nn(C)c2c1CN(C(=S)N[NH3+])CC2. The van der Waals surface area contributed by atoms with Crippen molar-refractivity contribution in [3.05, 3.63) is 17.0 Å². The number of fused-ring (bicyclic) bond motifs is 1. The van der Waals surface area contributed by atoms with E-state index >= 15 is 0 Å². The van der Waals surface area contributed by atoms with Crippen LogP contribution in [0.1, 0.15) is 28.7 Å². The number of quaternary nitrogens is 1. The number of thiocarbonyl (C=S) groups is 1. The number of esters is 1. The first-order chi connectivity index (χ1) is 9.08. The van der Waals surface area contributed by atoms with Gasteiger partial charge in [-0.2, -0.15) is 5.10 Å². The van der Waals surface area contributed by atoms with Gasteiger partial charge in [-0.3, -0.25) is 10.5 Å². The van der Waals surface area contributed by atoms with Crippen LogP contribution in [0.25, 0.3) is 0 Å². The summed E-state index contributed by atoms with van der Waals surface area (Å²) in [7, 11) is 1.84. The van der Waals surface area contributed by atoms with Crippen molar-refractivity contribution in [2.75, 3.05) is 13.2 Å². The lowest BCUT2D eigenvalue weighted by atomic mass is 10.1. The summed E-state index contributed by atoms with van der Waals surface area (Å²) < 4.78 is 6.78. The first kappa shape index (κ1) is 13.8. The Morgan fingerprint density at radius 1 is 1.63 bits per heavy atom. The van der Waals surface area contributed by atoms with Crippen molar-refractivity contribution in [2.45, 2.75) is 19.9 Å². The molecule has 2 heterocycles. The number of aromatic nitrogens is 2. The molecule has 0 unspecified atom stereocenters. The van der Waals surface area contributed by atoms with Gasteiger partial charge in [-0.25, -0.2) is 10.2 Å². The van der Waals surface area contributed by atoms with Crippen molar-refractivity contribution in [3.63, 3.8) is 0 Å². The molecule has 8 heteroatoms. The topological polar surface area (TPSA) is 87.0 Å². The molecule has 1 aliphatic heterocycles. The highest BCUT2D eigenvalue weighted by Gasteiger charge is 2.28. The summed E-state index contributed by atoms with van der Waals surface area (Å²) in [6, 6.07) is 0. The monoisotopic (exact) mass is 284 g/mol. The second kappa shape index (κ2) is 5.54. The van der Waals surface area contributed by atoms with Gasteiger partial charge in [0.05, 0.1) is 6.61 Å². The molecule has 1 aromatic rings. The predicted octanol–water partition coefficient (Wildman–Crippen LogP) is -1.01. The molecular weight excluding hydrogens is 266 g/mol. The van der Waals surface area contributed by atoms with Crippen molar-refractivity contribution in [3.8, 4) is 0 Å². The smallest absolute Gasteiger partial charge is 0.359 e. The Bertz CT molecular complexity index is 513. The third-order valence-electron chi connectivity index (χ3n) is 3.15. The summed E-state index contributed by atoms with van der Waals surface area (Å²) in [6.45, 7) is 3.46. The highest BCUT2D eigenvalue weighted by molar-refractivity contribution is 7.80. The standard InChI is InChI=1S/C11H17N5O2S/c1-3-18-10(17)9-7-6-16(11(19)13-12)5-4-8(7)15(2)14-9/h3-6,12H2,1-2H3,(H,13,19)/p+1. The van der Waals surface area contributed by atoms with E-state index in [9.17, 15) is 4.79 Å². The lowest BCUT2D eigenvalue weighted by molar-refractivity contribution is -0.420. The van der Waals surface area contributed by atoms with E-state index in [2.05, 4.69) is 16.4 Å². The Hall–Kier alpha value is -1.67. The molecule has 0 amide bonds. The molecule has 0 bridgehead atoms. The number of nitrogens with one attached hydrogen (secondary N) is 1. The summed E-state index contributed by atoms with van der Waals surface area (Å²) in [6.07, 6.45) is 0.792. The van der Waals surface area contributed by atoms with Gasteiger partial charge in [0.1, 0.15) is 0 Å². The maximum atomic E-state index is 11.9. The molecule has 0 saturated heterocycles. The van der Waals surface area contributed by atoms with E-state index in [0.717, 1.165) is 24.2 Å². The first-order valence-corrected chi connectivity index (χ1v) is 6.53. The molecule has 0 spiro atoms. The van der Waals surface area contributed by atoms with Crippen LogP contribution in [-0.4, -0.2) is 38.9 Å². The molecule has 0 atom stereocenters. The fourth-order valence-electron chi connectivity index (χ4n) is 2.24. The van der Waals surface area contributed by atoms with E-state index in [1.807, 2.05) is 11.9 Å². The van der Waals surface area contributed by atoms with E-state index < -0.39 is 0 Å². The maximum Gasteiger partial charge on any atom is 0.359 e. The van der Waals surface area contributed by atoms with Gasteiger partial charge >= 0.3 is 5.97 Å². The molecule has 0 aromatic carbocycles. The van der Waals surface area contributed by atoms with Gasteiger partial charge in [0.2, 0.25) is 5.11 Å². The van der Waals surface area contributed by atoms with Gasteiger partial charge in [0, 0.05) is 37.8 Å². The molecule has 0 radical (unpaired) electrons. The van der Waals surface area contributed by atoms with Gasteiger partial charge < -0.3 is 9.64 Å². The van der Waals surface area contributed by atoms with Crippen molar-refractivity contribution in [1.29, 1.82) is 0 Å². The number of carbonyl (C=O) groups is 1. The molecule has 2 rings (SSSR count). The number of nitrogens with zero attached hydrogens (tertiary/aromatic N) is 3. The van der Waals surface area contributed by atoms with Crippen molar-refractivity contribution in [1.82, 2.24) is 20.1 Å². The second-order valence-corrected chi connectivity index (χ2v) is 4.66. The maximum absolute atomic E-state index is 11.9. The minimum Gasteiger partial charge on any atom is -0.461 e. The van der Waals surface area contributed by atoms with Gasteiger partial charge in [-0.15, -0.1) is 0 Å². The van der Waals surface area contributed by atoms with Crippen LogP contribution in [-0.2, 0) is 24.8 Å². The summed E-state index contributed by atoms with van der Waals surface area (Å²) in [4.78, 5) is 13.9. The molecular formula is C11H18N5O2S+. The third kappa shape index (κ3) is 2.54. The molecule has 1 aromatic heterocycles. The van der Waals surface area contributed by atoms with Crippen LogP contribution in [0.3, 0.4) is 0 Å². The van der Waals surface area contributed by atoms with E-state index in [0.29, 0.717) is 24.0 Å². The Morgan fingerprint density at radius 2 is 2.37 bits per heavy atom. The van der Waals surface area contributed by atoms with Crippen LogP contribution < -0.4 is 11.3 Å². The number of rotatable bonds is 2. The van der Waals surface area contributed by atoms with Crippen molar-refractivity contribution >= 4 is 23.3 Å². The van der Waals surface area contributed by atoms with Gasteiger partial charge in [0.25, 0.3) is 0 Å². The Kier molecular flexibility index (Phi) is 4.01. The highest BCUT2D eigenvalue weighted by atomic mass is 32.1. The van der Waals surface area contributed by atoms with Crippen molar-refractivity contribution in [2.24, 2.45) is 7.05 Å². The van der Waals surface area contributed by atoms with E-state index in [1.54, 1.807) is 11.6 Å². The van der Waals surface area contributed by atoms with Gasteiger partial charge in [-0.05, 0) is 19.1 Å². The van der Waals surface area contributed by atoms with Gasteiger partial charge in [0.15, 0.2) is 5.69 Å². The number of aryl methyl sites for hydroxylation is 1. The van der Waals surface area contributed by atoms with E-state index in [1.165, 1.54) is 0 Å². The number of carbonyl (C=O) groups excluding carboxylic acids is 1. The molecule has 1 aliphatic rings. The molecule has 104 valence electrons. The van der Waals surface area contributed by atoms with Crippen LogP contribution in [0.15, 0.2) is 0 Å². The predicted molar refractivity (Wildman–Crippen MR) is 71.9 cm³/mol. The van der Waals surface area contributed by atoms with Crippen molar-refractivity contribution < 1.29 is 15.4 Å². The number of hydrogen-bond acceptors (Lipinski definition) is 4. The first-order valence-electron chi connectivity index (χ1n) is 6.12. The van der Waals surface area contributed by atoms with Gasteiger partial charge in [-0.1, -0.05) is 0 Å². The van der Waals surface area contributed by atoms with Crippen LogP contribution in [0, 0.1) is 0 Å². The molecule has 0 aliphatic carbocycles. The van der Waals surface area contributed by atoms with E-state index in [4.69, 9.17) is 17.0 Å². The Balaban J connectivity index is 2.31. The van der Waals surface area contributed by atoms with E-state index in [-0.39, 0.29) is 5.97 Å². The van der Waals surface area contributed by atoms with Crippen LogP contribution in [0.5, 0.6) is 0 Å². The highest BCUT2D eigenvalue weighted by Crippen LogP contribution is 2.22. The fourth-order valence-corrected chi connectivity index (χ4v) is 2.40. The minimum atomic E-state index is -0.380. The summed E-state index contributed by atoms with van der Waals surface area (Å²) in [5, 5.41) is 4.84. The van der Waals surface area contributed by atoms with Crippen LogP contribution in [0.2, 0.25) is 0 Å². The third-order valence-corrected chi connectivity index (χ3v) is 3.55. The molecule has 0 saturated carbocycles. The Morgan fingerprint density at radius 3 is 3.00 bits per heavy atom. The second-order valence-electron chi connectivity index (χ2n) is 4.27. The number of hydrogen-bond donors (Lipinski definition) is 2. The largest absolute Gasteiger partial charge is 0.461 e. The summed E-state index contributed by atoms with van der Waals surface area (Å²) in [5.74, 6) is 3.18. The molecule has 19 heavy (non-hydrogen) atoms. The number of ether oxygens (including phenoxy) is 1. The average molecular weight is 284 g/mol. The lowest BCUT2D eigenvalue weighted by Gasteiger charge is -2.28. The Labute approximate surface area is 116 Å². The quantitative estimate of drug-likeness (QED) is 0.411. The molecule has 7 nitrogen and oxygen atoms in total. The zero-order valence-electron chi connectivity index (χ0n) is 11.1.